The first-order valence-electron chi connectivity index (χ1n) is 8.12. The van der Waals surface area contributed by atoms with Crippen molar-refractivity contribution < 1.29 is 5.11 Å². The molecule has 1 saturated heterocycles. The van der Waals surface area contributed by atoms with E-state index in [1.54, 1.807) is 12.1 Å². The second-order valence-corrected chi connectivity index (χ2v) is 6.15. The van der Waals surface area contributed by atoms with Crippen molar-refractivity contribution in [3.8, 4) is 17.1 Å². The largest absolute Gasteiger partial charge is 0.508 e. The zero-order chi connectivity index (χ0) is 15.6. The van der Waals surface area contributed by atoms with Crippen LogP contribution >= 0.6 is 0 Å². The third kappa shape index (κ3) is 2.80. The standard InChI is InChI=1S/C18H20N4O/c23-15-6-1-5-14(10-15)17-21-16-7-3-9-20-18(16)22(17)12-13-4-2-8-19-11-13/h1,3,5-7,9-10,13,19,23H,2,4,8,11-12H2. The maximum absolute atomic E-state index is 9.80. The lowest BCUT2D eigenvalue weighted by Gasteiger charge is -2.24. The Morgan fingerprint density at radius 1 is 1.26 bits per heavy atom. The third-order valence-corrected chi connectivity index (χ3v) is 4.45. The number of nitrogens with one attached hydrogen (secondary N) is 1. The average Bonchev–Trinajstić information content (AvgIpc) is 2.95. The molecule has 2 N–H and O–H groups in total. The van der Waals surface area contributed by atoms with E-state index < -0.39 is 0 Å². The molecule has 1 aliphatic heterocycles. The molecule has 1 aromatic carbocycles. The predicted molar refractivity (Wildman–Crippen MR) is 90.2 cm³/mol. The predicted octanol–water partition coefficient (Wildman–Crippen LogP) is 2.80. The number of benzene rings is 1. The summed E-state index contributed by atoms with van der Waals surface area (Å²) < 4.78 is 2.20. The maximum Gasteiger partial charge on any atom is 0.160 e. The molecule has 3 heterocycles. The summed E-state index contributed by atoms with van der Waals surface area (Å²) in [7, 11) is 0. The van der Waals surface area contributed by atoms with Gasteiger partial charge < -0.3 is 15.0 Å². The topological polar surface area (TPSA) is 63.0 Å². The molecule has 2 aromatic heterocycles. The van der Waals surface area contributed by atoms with E-state index in [2.05, 4.69) is 14.9 Å². The number of aromatic hydroxyl groups is 1. The van der Waals surface area contributed by atoms with Crippen molar-refractivity contribution in [2.45, 2.75) is 19.4 Å². The van der Waals surface area contributed by atoms with Crippen LogP contribution in [-0.2, 0) is 6.54 Å². The van der Waals surface area contributed by atoms with Crippen LogP contribution in [0.1, 0.15) is 12.8 Å². The Balaban J connectivity index is 1.80. The van der Waals surface area contributed by atoms with E-state index in [0.29, 0.717) is 5.92 Å². The molecule has 1 unspecified atom stereocenters. The smallest absolute Gasteiger partial charge is 0.160 e. The summed E-state index contributed by atoms with van der Waals surface area (Å²) in [4.78, 5) is 9.29. The van der Waals surface area contributed by atoms with Crippen LogP contribution in [0.25, 0.3) is 22.6 Å². The number of rotatable bonds is 3. The molecule has 0 amide bonds. The number of hydrogen-bond acceptors (Lipinski definition) is 4. The summed E-state index contributed by atoms with van der Waals surface area (Å²) in [5, 5.41) is 13.3. The minimum atomic E-state index is 0.258. The summed E-state index contributed by atoms with van der Waals surface area (Å²) >= 11 is 0. The maximum atomic E-state index is 9.80. The highest BCUT2D eigenvalue weighted by Crippen LogP contribution is 2.27. The first-order chi connectivity index (χ1) is 11.3. The monoisotopic (exact) mass is 308 g/mol. The molecule has 0 bridgehead atoms. The van der Waals surface area contributed by atoms with E-state index >= 15 is 0 Å². The lowest BCUT2D eigenvalue weighted by Crippen LogP contribution is -2.32. The normalized spacial score (nSPS) is 18.3. The summed E-state index contributed by atoms with van der Waals surface area (Å²) in [6.07, 6.45) is 4.25. The Morgan fingerprint density at radius 2 is 2.22 bits per heavy atom. The van der Waals surface area contributed by atoms with Gasteiger partial charge in [0.2, 0.25) is 0 Å². The van der Waals surface area contributed by atoms with Crippen LogP contribution in [0.5, 0.6) is 5.75 Å². The zero-order valence-corrected chi connectivity index (χ0v) is 12.9. The van der Waals surface area contributed by atoms with Crippen LogP contribution in [0.15, 0.2) is 42.6 Å². The number of fused-ring (bicyclic) bond motifs is 1. The molecule has 0 saturated carbocycles. The van der Waals surface area contributed by atoms with Crippen LogP contribution in [-0.4, -0.2) is 32.7 Å². The van der Waals surface area contributed by atoms with Crippen molar-refractivity contribution >= 4 is 11.2 Å². The number of phenolic OH excluding ortho intramolecular Hbond substituents is 1. The number of aromatic nitrogens is 3. The summed E-state index contributed by atoms with van der Waals surface area (Å²) in [6.45, 7) is 3.04. The summed E-state index contributed by atoms with van der Waals surface area (Å²) in [5.41, 5.74) is 2.73. The van der Waals surface area contributed by atoms with E-state index in [1.165, 1.54) is 12.8 Å². The molecule has 5 heteroatoms. The van der Waals surface area contributed by atoms with Crippen LogP contribution < -0.4 is 5.32 Å². The van der Waals surface area contributed by atoms with E-state index in [9.17, 15) is 5.11 Å². The Labute approximate surface area is 135 Å². The highest BCUT2D eigenvalue weighted by molar-refractivity contribution is 5.77. The van der Waals surface area contributed by atoms with Gasteiger partial charge >= 0.3 is 0 Å². The van der Waals surface area contributed by atoms with Gasteiger partial charge in [0.15, 0.2) is 5.65 Å². The van der Waals surface area contributed by atoms with Crippen LogP contribution in [0.3, 0.4) is 0 Å². The van der Waals surface area contributed by atoms with Gasteiger partial charge in [0.25, 0.3) is 0 Å². The van der Waals surface area contributed by atoms with Gasteiger partial charge in [-0.1, -0.05) is 12.1 Å². The molecule has 1 fully saturated rings. The van der Waals surface area contributed by atoms with Crippen molar-refractivity contribution in [1.29, 1.82) is 0 Å². The van der Waals surface area contributed by atoms with Crippen LogP contribution in [0.4, 0.5) is 0 Å². The molecule has 118 valence electrons. The lowest BCUT2D eigenvalue weighted by molar-refractivity contribution is 0.341. The molecule has 23 heavy (non-hydrogen) atoms. The first-order valence-corrected chi connectivity index (χ1v) is 8.12. The number of imidazole rings is 1. The molecule has 0 aliphatic carbocycles. The van der Waals surface area contributed by atoms with E-state index in [-0.39, 0.29) is 5.75 Å². The van der Waals surface area contributed by atoms with Crippen LogP contribution in [0.2, 0.25) is 0 Å². The highest BCUT2D eigenvalue weighted by atomic mass is 16.3. The zero-order valence-electron chi connectivity index (χ0n) is 12.9. The number of hydrogen-bond donors (Lipinski definition) is 2. The van der Waals surface area contributed by atoms with E-state index in [0.717, 1.165) is 42.2 Å². The molecule has 0 radical (unpaired) electrons. The van der Waals surface area contributed by atoms with Gasteiger partial charge in [0.1, 0.15) is 17.1 Å². The molecule has 0 spiro atoms. The number of pyridine rings is 1. The fourth-order valence-electron chi connectivity index (χ4n) is 3.33. The fraction of sp³-hybridized carbons (Fsp3) is 0.333. The SMILES string of the molecule is Oc1cccc(-c2nc3cccnc3n2CC2CCCNC2)c1. The Hall–Kier alpha value is -2.40. The summed E-state index contributed by atoms with van der Waals surface area (Å²) in [6, 6.07) is 11.2. The Bertz CT molecular complexity index is 821. The Morgan fingerprint density at radius 3 is 3.04 bits per heavy atom. The van der Waals surface area contributed by atoms with Crippen molar-refractivity contribution in [2.24, 2.45) is 5.92 Å². The number of nitrogens with zero attached hydrogens (tertiary/aromatic N) is 3. The molecular formula is C18H20N4O. The van der Waals surface area contributed by atoms with Crippen molar-refractivity contribution in [1.82, 2.24) is 19.9 Å². The molecule has 1 atom stereocenters. The molecule has 1 aliphatic rings. The molecule has 4 rings (SSSR count). The molecule has 5 nitrogen and oxygen atoms in total. The third-order valence-electron chi connectivity index (χ3n) is 4.45. The second-order valence-electron chi connectivity index (χ2n) is 6.15. The van der Waals surface area contributed by atoms with Crippen molar-refractivity contribution in [3.63, 3.8) is 0 Å². The quantitative estimate of drug-likeness (QED) is 0.781. The van der Waals surface area contributed by atoms with E-state index in [1.807, 2.05) is 30.5 Å². The summed E-state index contributed by atoms with van der Waals surface area (Å²) in [5.74, 6) is 1.72. The Kier molecular flexibility index (Phi) is 3.71. The number of piperidine rings is 1. The van der Waals surface area contributed by atoms with Gasteiger partial charge in [0, 0.05) is 18.3 Å². The van der Waals surface area contributed by atoms with Gasteiger partial charge in [-0.05, 0) is 56.1 Å². The van der Waals surface area contributed by atoms with Gasteiger partial charge in [-0.3, -0.25) is 0 Å². The second kappa shape index (κ2) is 6.01. The van der Waals surface area contributed by atoms with Crippen LogP contribution in [0, 0.1) is 5.92 Å². The van der Waals surface area contributed by atoms with Gasteiger partial charge in [-0.25, -0.2) is 9.97 Å². The average molecular weight is 308 g/mol. The number of phenols is 1. The molecular weight excluding hydrogens is 288 g/mol. The fourth-order valence-corrected chi connectivity index (χ4v) is 3.33. The molecule has 3 aromatic rings. The van der Waals surface area contributed by atoms with Crippen molar-refractivity contribution in [2.75, 3.05) is 13.1 Å². The van der Waals surface area contributed by atoms with Gasteiger partial charge in [-0.2, -0.15) is 0 Å². The first kappa shape index (κ1) is 14.2. The minimum Gasteiger partial charge on any atom is -0.508 e. The van der Waals surface area contributed by atoms with Crippen molar-refractivity contribution in [3.05, 3.63) is 42.6 Å². The van der Waals surface area contributed by atoms with Gasteiger partial charge in [-0.15, -0.1) is 0 Å². The minimum absolute atomic E-state index is 0.258. The highest BCUT2D eigenvalue weighted by Gasteiger charge is 2.19. The van der Waals surface area contributed by atoms with Gasteiger partial charge in [0.05, 0.1) is 0 Å². The lowest BCUT2D eigenvalue weighted by atomic mass is 9.99. The van der Waals surface area contributed by atoms with E-state index in [4.69, 9.17) is 4.98 Å².